The van der Waals surface area contributed by atoms with Crippen LogP contribution in [0.1, 0.15) is 29.2 Å². The third-order valence-electron chi connectivity index (χ3n) is 3.47. The Hall–Kier alpha value is -1.40. The van der Waals surface area contributed by atoms with Crippen molar-refractivity contribution in [3.63, 3.8) is 0 Å². The van der Waals surface area contributed by atoms with E-state index in [1.807, 2.05) is 12.1 Å². The van der Waals surface area contributed by atoms with Gasteiger partial charge in [0.1, 0.15) is 5.75 Å². The van der Waals surface area contributed by atoms with Crippen LogP contribution in [0.15, 0.2) is 18.2 Å². The number of nitrogens with one attached hydrogen (secondary N) is 2. The molecule has 0 saturated heterocycles. The number of carbonyl (C=O) groups excluding carboxylic acids is 1. The second-order valence-electron chi connectivity index (χ2n) is 4.76. The lowest BCUT2D eigenvalue weighted by atomic mass is 10.0. The first kappa shape index (κ1) is 14.0. The summed E-state index contributed by atoms with van der Waals surface area (Å²) in [6, 6.07) is 5.93. The maximum absolute atomic E-state index is 11.7. The Morgan fingerprint density at radius 1 is 1.42 bits per heavy atom. The topological polar surface area (TPSA) is 75.3 Å². The molecule has 0 aliphatic heterocycles. The van der Waals surface area contributed by atoms with Crippen molar-refractivity contribution in [2.45, 2.75) is 25.8 Å². The third-order valence-corrected chi connectivity index (χ3v) is 4.74. The van der Waals surface area contributed by atoms with Gasteiger partial charge in [0, 0.05) is 0 Å². The molecule has 5 nitrogen and oxygen atoms in total. The second kappa shape index (κ2) is 5.30. The zero-order valence-electron chi connectivity index (χ0n) is 11.1. The number of aryl methyl sites for hydroxylation is 1. The molecule has 0 bridgehead atoms. The number of carbonyl (C=O) groups is 1. The van der Waals surface area contributed by atoms with E-state index in [1.54, 1.807) is 0 Å². The van der Waals surface area contributed by atoms with E-state index in [0.29, 0.717) is 0 Å². The standard InChI is InChI=1S/C13H18N2O3S/c1-9-4-3-5-11-10(9)6-7-12(11)15-13(16)8-19(17,18)14-2/h3-5,12,14H,6-8H2,1-2H3,(H,15,16). The van der Waals surface area contributed by atoms with Gasteiger partial charge in [0.05, 0.1) is 6.04 Å². The highest BCUT2D eigenvalue weighted by atomic mass is 32.2. The van der Waals surface area contributed by atoms with Crippen LogP contribution in [0.2, 0.25) is 0 Å². The maximum atomic E-state index is 11.7. The molecule has 1 unspecified atom stereocenters. The Bertz CT molecular complexity index is 596. The molecule has 0 spiro atoms. The maximum Gasteiger partial charge on any atom is 0.237 e. The van der Waals surface area contributed by atoms with Gasteiger partial charge in [-0.15, -0.1) is 0 Å². The van der Waals surface area contributed by atoms with Gasteiger partial charge in [0.25, 0.3) is 0 Å². The zero-order valence-corrected chi connectivity index (χ0v) is 11.9. The van der Waals surface area contributed by atoms with Crippen molar-refractivity contribution in [3.8, 4) is 0 Å². The molecule has 19 heavy (non-hydrogen) atoms. The van der Waals surface area contributed by atoms with Crippen molar-refractivity contribution < 1.29 is 13.2 Å². The number of hydrogen-bond acceptors (Lipinski definition) is 3. The summed E-state index contributed by atoms with van der Waals surface area (Å²) in [6.45, 7) is 2.05. The fourth-order valence-electron chi connectivity index (χ4n) is 2.47. The predicted octanol–water partition coefficient (Wildman–Crippen LogP) is 0.648. The van der Waals surface area contributed by atoms with Crippen LogP contribution in [0.25, 0.3) is 0 Å². The van der Waals surface area contributed by atoms with Crippen LogP contribution in [0, 0.1) is 6.92 Å². The first-order chi connectivity index (χ1) is 8.93. The number of sulfonamides is 1. The zero-order chi connectivity index (χ0) is 14.0. The molecule has 104 valence electrons. The van der Waals surface area contributed by atoms with Crippen LogP contribution < -0.4 is 10.0 Å². The summed E-state index contributed by atoms with van der Waals surface area (Å²) in [6.07, 6.45) is 1.75. The van der Waals surface area contributed by atoms with E-state index in [0.717, 1.165) is 18.4 Å². The van der Waals surface area contributed by atoms with Gasteiger partial charge in [-0.1, -0.05) is 18.2 Å². The summed E-state index contributed by atoms with van der Waals surface area (Å²) in [5.74, 6) is -0.991. The highest BCUT2D eigenvalue weighted by Gasteiger charge is 2.26. The lowest BCUT2D eigenvalue weighted by Crippen LogP contribution is -2.36. The first-order valence-electron chi connectivity index (χ1n) is 6.22. The summed E-state index contributed by atoms with van der Waals surface area (Å²) < 4.78 is 24.8. The Morgan fingerprint density at radius 2 is 2.16 bits per heavy atom. The molecule has 1 aliphatic carbocycles. The van der Waals surface area contributed by atoms with E-state index in [-0.39, 0.29) is 6.04 Å². The lowest BCUT2D eigenvalue weighted by Gasteiger charge is -2.14. The molecule has 2 N–H and O–H groups in total. The van der Waals surface area contributed by atoms with Gasteiger partial charge < -0.3 is 5.32 Å². The van der Waals surface area contributed by atoms with Crippen LogP contribution in [-0.2, 0) is 21.2 Å². The molecule has 0 heterocycles. The fourth-order valence-corrected chi connectivity index (χ4v) is 3.04. The molecular weight excluding hydrogens is 264 g/mol. The SMILES string of the molecule is CNS(=O)(=O)CC(=O)NC1CCc2c(C)cccc21. The van der Waals surface area contributed by atoms with Crippen LogP contribution in [0.5, 0.6) is 0 Å². The van der Waals surface area contributed by atoms with Gasteiger partial charge in [0.2, 0.25) is 15.9 Å². The van der Waals surface area contributed by atoms with Crippen molar-refractivity contribution in [2.75, 3.05) is 12.8 Å². The van der Waals surface area contributed by atoms with E-state index >= 15 is 0 Å². The summed E-state index contributed by atoms with van der Waals surface area (Å²) in [5.41, 5.74) is 3.59. The molecule has 0 saturated carbocycles. The summed E-state index contributed by atoms with van der Waals surface area (Å²) in [5, 5.41) is 2.79. The van der Waals surface area contributed by atoms with Crippen LogP contribution >= 0.6 is 0 Å². The summed E-state index contributed by atoms with van der Waals surface area (Å²) >= 11 is 0. The Balaban J connectivity index is 2.08. The molecule has 2 rings (SSSR count). The van der Waals surface area contributed by atoms with Crippen molar-refractivity contribution in [3.05, 3.63) is 34.9 Å². The van der Waals surface area contributed by atoms with Crippen molar-refractivity contribution >= 4 is 15.9 Å². The smallest absolute Gasteiger partial charge is 0.237 e. The first-order valence-corrected chi connectivity index (χ1v) is 7.87. The molecule has 1 aromatic carbocycles. The monoisotopic (exact) mass is 282 g/mol. The quantitative estimate of drug-likeness (QED) is 0.851. The highest BCUT2D eigenvalue weighted by molar-refractivity contribution is 7.90. The van der Waals surface area contributed by atoms with Gasteiger partial charge in [-0.05, 0) is 43.5 Å². The lowest BCUT2D eigenvalue weighted by molar-refractivity contribution is -0.119. The molecule has 0 fully saturated rings. The van der Waals surface area contributed by atoms with Crippen molar-refractivity contribution in [1.82, 2.24) is 10.0 Å². The predicted molar refractivity (Wildman–Crippen MR) is 73.2 cm³/mol. The number of rotatable bonds is 4. The molecule has 6 heteroatoms. The number of fused-ring (bicyclic) bond motifs is 1. The Morgan fingerprint density at radius 3 is 2.84 bits per heavy atom. The van der Waals surface area contributed by atoms with Gasteiger partial charge in [-0.3, -0.25) is 4.79 Å². The van der Waals surface area contributed by atoms with E-state index in [4.69, 9.17) is 0 Å². The van der Waals surface area contributed by atoms with Crippen LogP contribution in [0.4, 0.5) is 0 Å². The minimum Gasteiger partial charge on any atom is -0.348 e. The van der Waals surface area contributed by atoms with E-state index in [2.05, 4.69) is 23.0 Å². The summed E-state index contributed by atoms with van der Waals surface area (Å²) in [4.78, 5) is 11.7. The molecular formula is C13H18N2O3S. The van der Waals surface area contributed by atoms with Crippen molar-refractivity contribution in [1.29, 1.82) is 0 Å². The van der Waals surface area contributed by atoms with Crippen molar-refractivity contribution in [2.24, 2.45) is 0 Å². The fraction of sp³-hybridized carbons (Fsp3) is 0.462. The Kier molecular flexibility index (Phi) is 3.91. The Labute approximate surface area is 113 Å². The van der Waals surface area contributed by atoms with Gasteiger partial charge >= 0.3 is 0 Å². The average molecular weight is 282 g/mol. The molecule has 1 atom stereocenters. The minimum atomic E-state index is -3.51. The third kappa shape index (κ3) is 3.13. The van der Waals surface area contributed by atoms with E-state index in [9.17, 15) is 13.2 Å². The van der Waals surface area contributed by atoms with Gasteiger partial charge in [-0.25, -0.2) is 13.1 Å². The highest BCUT2D eigenvalue weighted by Crippen LogP contribution is 2.32. The molecule has 0 aromatic heterocycles. The van der Waals surface area contributed by atoms with E-state index < -0.39 is 21.7 Å². The second-order valence-corrected chi connectivity index (χ2v) is 6.69. The molecule has 1 aliphatic rings. The molecule has 1 aromatic rings. The molecule has 1 amide bonds. The average Bonchev–Trinajstić information content (AvgIpc) is 2.73. The van der Waals surface area contributed by atoms with E-state index in [1.165, 1.54) is 18.2 Å². The minimum absolute atomic E-state index is 0.0746. The largest absolute Gasteiger partial charge is 0.348 e. The molecule has 0 radical (unpaired) electrons. The van der Waals surface area contributed by atoms with Gasteiger partial charge in [0.15, 0.2) is 0 Å². The number of hydrogen-bond donors (Lipinski definition) is 2. The number of benzene rings is 1. The number of amides is 1. The van der Waals surface area contributed by atoms with Gasteiger partial charge in [-0.2, -0.15) is 0 Å². The van der Waals surface area contributed by atoms with Crippen LogP contribution in [-0.4, -0.2) is 27.1 Å². The summed E-state index contributed by atoms with van der Waals surface area (Å²) in [7, 11) is -2.21. The van der Waals surface area contributed by atoms with Crippen LogP contribution in [0.3, 0.4) is 0 Å². The normalized spacial score (nSPS) is 18.1.